The van der Waals surface area contributed by atoms with E-state index in [1.54, 1.807) is 10.4 Å². The minimum Gasteiger partial charge on any atom is -0.0654 e. The molecule has 0 bridgehead atoms. The molecule has 0 atom stereocenters. The molecule has 3 heteroatoms. The molecule has 0 unspecified atom stereocenters. The molecule has 0 saturated heterocycles. The Morgan fingerprint density at radius 2 is 0.935 bits per heavy atom. The van der Waals surface area contributed by atoms with Gasteiger partial charge in [-0.1, -0.05) is 133 Å². The first-order valence-electron chi connectivity index (χ1n) is 12.1. The van der Waals surface area contributed by atoms with Gasteiger partial charge in [0.25, 0.3) is 0 Å². The fourth-order valence-corrected chi connectivity index (χ4v) is 11.1. The molecule has 0 N–H and O–H groups in total. The Balaban J connectivity index is 1.99. The van der Waals surface area contributed by atoms with Crippen LogP contribution in [0.5, 0.6) is 0 Å². The molecule has 31 heavy (non-hydrogen) atoms. The summed E-state index contributed by atoms with van der Waals surface area (Å²) in [7, 11) is -1.82. The molecule has 0 radical (unpaired) electrons. The predicted molar refractivity (Wildman–Crippen MR) is 148 cm³/mol. The number of hydrogen-bond acceptors (Lipinski definition) is 0. The molecule has 0 nitrogen and oxygen atoms in total. The zero-order chi connectivity index (χ0) is 22.1. The van der Waals surface area contributed by atoms with Crippen LogP contribution in [0, 0.1) is 0 Å². The van der Waals surface area contributed by atoms with Gasteiger partial charge in [0.15, 0.2) is 0 Å². The van der Waals surface area contributed by atoms with E-state index >= 15 is 0 Å². The van der Waals surface area contributed by atoms with Gasteiger partial charge < -0.3 is 0 Å². The van der Waals surface area contributed by atoms with Crippen LogP contribution in [-0.4, -0.2) is 8.07 Å². The number of allylic oxidation sites excluding steroid dienone is 2. The Kier molecular flexibility index (Phi) is 9.87. The molecule has 1 heterocycles. The van der Waals surface area contributed by atoms with Gasteiger partial charge in [0.2, 0.25) is 0 Å². The summed E-state index contributed by atoms with van der Waals surface area (Å²) in [6.45, 7) is 4.63. The van der Waals surface area contributed by atoms with Crippen LogP contribution < -0.4 is 0 Å². The predicted octanol–water partition coefficient (Wildman–Crippen LogP) is 10.4. The Labute approximate surface area is 207 Å². The van der Waals surface area contributed by atoms with E-state index in [0.717, 1.165) is 8.95 Å². The van der Waals surface area contributed by atoms with Gasteiger partial charge in [-0.2, -0.15) is 0 Å². The summed E-state index contributed by atoms with van der Waals surface area (Å²) in [4.78, 5) is 0. The van der Waals surface area contributed by atoms with Crippen molar-refractivity contribution < 1.29 is 0 Å². The summed E-state index contributed by atoms with van der Waals surface area (Å²) in [5.74, 6) is 0. The van der Waals surface area contributed by atoms with Crippen LogP contribution in [0.25, 0.3) is 10.4 Å². The standard InChI is InChI=1S/C28H36Br2Si/c1-3-5-7-9-21-31(22-10-8-6-4-2)27(23-11-15-25(29)16-12-23)19-20-28(31)24-13-17-26(30)18-14-24/h11-20H,3-10,21-22H2,1-2H3. The quantitative estimate of drug-likeness (QED) is 0.179. The molecule has 1 aliphatic heterocycles. The van der Waals surface area contributed by atoms with E-state index in [4.69, 9.17) is 0 Å². The molecule has 2 aromatic rings. The number of hydrogen-bond donors (Lipinski definition) is 0. The highest BCUT2D eigenvalue weighted by atomic mass is 79.9. The second-order valence-corrected chi connectivity index (χ2v) is 15.0. The summed E-state index contributed by atoms with van der Waals surface area (Å²) in [5.41, 5.74) is 2.87. The maximum atomic E-state index is 3.63. The van der Waals surface area contributed by atoms with Crippen LogP contribution in [0.15, 0.2) is 69.6 Å². The van der Waals surface area contributed by atoms with Gasteiger partial charge in [0.05, 0.1) is 0 Å². The first-order chi connectivity index (χ1) is 15.1. The van der Waals surface area contributed by atoms with Gasteiger partial charge in [-0.25, -0.2) is 0 Å². The van der Waals surface area contributed by atoms with Gasteiger partial charge >= 0.3 is 0 Å². The number of benzene rings is 2. The Hall–Kier alpha value is -0.903. The third kappa shape index (κ3) is 6.33. The molecular formula is C28H36Br2Si. The third-order valence-corrected chi connectivity index (χ3v) is 13.1. The topological polar surface area (TPSA) is 0 Å². The molecular weight excluding hydrogens is 524 g/mol. The van der Waals surface area contributed by atoms with Crippen molar-refractivity contribution >= 4 is 50.3 Å². The van der Waals surface area contributed by atoms with E-state index in [2.05, 4.69) is 106 Å². The number of rotatable bonds is 12. The largest absolute Gasteiger partial charge is 0.119 e. The average Bonchev–Trinajstić information content (AvgIpc) is 3.15. The van der Waals surface area contributed by atoms with E-state index in [-0.39, 0.29) is 0 Å². The summed E-state index contributed by atoms with van der Waals surface area (Å²) in [6.07, 6.45) is 15.7. The molecule has 0 saturated carbocycles. The lowest BCUT2D eigenvalue weighted by Crippen LogP contribution is -2.36. The zero-order valence-corrected chi connectivity index (χ0v) is 23.3. The van der Waals surface area contributed by atoms with Crippen molar-refractivity contribution in [2.45, 2.75) is 77.3 Å². The first kappa shape index (κ1) is 24.7. The molecule has 2 aromatic carbocycles. The lowest BCUT2D eigenvalue weighted by molar-refractivity contribution is 0.685. The van der Waals surface area contributed by atoms with E-state index < -0.39 is 8.07 Å². The Morgan fingerprint density at radius 1 is 0.548 bits per heavy atom. The SMILES string of the molecule is CCCCCC[Si]1(CCCCCC)C(c2ccc(Br)cc2)=CC=C1c1ccc(Br)cc1. The minimum absolute atomic E-state index is 1.16. The fourth-order valence-electron chi connectivity index (χ4n) is 5.01. The molecule has 0 aromatic heterocycles. The molecule has 1 aliphatic rings. The van der Waals surface area contributed by atoms with E-state index in [1.807, 2.05) is 0 Å². The smallest absolute Gasteiger partial charge is 0.0654 e. The monoisotopic (exact) mass is 558 g/mol. The number of unbranched alkanes of at least 4 members (excludes halogenated alkanes) is 6. The van der Waals surface area contributed by atoms with Crippen molar-refractivity contribution in [2.24, 2.45) is 0 Å². The van der Waals surface area contributed by atoms with Gasteiger partial charge in [-0.3, -0.25) is 0 Å². The summed E-state index contributed by atoms with van der Waals surface area (Å²) in [5, 5.41) is 3.32. The molecule has 3 rings (SSSR count). The van der Waals surface area contributed by atoms with Crippen molar-refractivity contribution in [1.29, 1.82) is 0 Å². The van der Waals surface area contributed by atoms with Crippen LogP contribution in [-0.2, 0) is 0 Å². The van der Waals surface area contributed by atoms with Crippen molar-refractivity contribution in [3.8, 4) is 0 Å². The lowest BCUT2D eigenvalue weighted by atomic mass is 10.2. The van der Waals surface area contributed by atoms with Crippen molar-refractivity contribution in [2.75, 3.05) is 0 Å². The summed E-state index contributed by atoms with van der Waals surface area (Å²) in [6, 6.07) is 20.9. The van der Waals surface area contributed by atoms with Crippen molar-refractivity contribution in [1.82, 2.24) is 0 Å². The highest BCUT2D eigenvalue weighted by molar-refractivity contribution is 9.10. The third-order valence-electron chi connectivity index (χ3n) is 6.67. The first-order valence-corrected chi connectivity index (χ1v) is 16.1. The zero-order valence-electron chi connectivity index (χ0n) is 19.1. The van der Waals surface area contributed by atoms with Crippen molar-refractivity contribution in [3.05, 3.63) is 80.8 Å². The van der Waals surface area contributed by atoms with Crippen molar-refractivity contribution in [3.63, 3.8) is 0 Å². The van der Waals surface area contributed by atoms with Gasteiger partial charge in [-0.15, -0.1) is 0 Å². The minimum atomic E-state index is -1.82. The van der Waals surface area contributed by atoms with E-state index in [1.165, 1.54) is 74.6 Å². The van der Waals surface area contributed by atoms with E-state index in [9.17, 15) is 0 Å². The second-order valence-electron chi connectivity index (χ2n) is 8.88. The van der Waals surface area contributed by atoms with Crippen LogP contribution >= 0.6 is 31.9 Å². The van der Waals surface area contributed by atoms with Crippen LogP contribution in [0.4, 0.5) is 0 Å². The highest BCUT2D eigenvalue weighted by Crippen LogP contribution is 2.48. The molecule has 166 valence electrons. The molecule has 0 aliphatic carbocycles. The Bertz CT molecular complexity index is 803. The maximum Gasteiger partial charge on any atom is 0.119 e. The number of halogens is 2. The molecule has 0 amide bonds. The van der Waals surface area contributed by atoms with Gasteiger partial charge in [0.1, 0.15) is 8.07 Å². The average molecular weight is 560 g/mol. The second kappa shape index (κ2) is 12.4. The summed E-state index contributed by atoms with van der Waals surface area (Å²) >= 11 is 7.26. The molecule has 0 fully saturated rings. The fraction of sp³-hybridized carbons (Fsp3) is 0.429. The highest BCUT2D eigenvalue weighted by Gasteiger charge is 2.43. The van der Waals surface area contributed by atoms with Crippen LogP contribution in [0.3, 0.4) is 0 Å². The van der Waals surface area contributed by atoms with E-state index in [0.29, 0.717) is 0 Å². The lowest BCUT2D eigenvalue weighted by Gasteiger charge is -2.35. The van der Waals surface area contributed by atoms with Crippen LogP contribution in [0.1, 0.15) is 76.3 Å². The normalized spacial score (nSPS) is 15.1. The van der Waals surface area contributed by atoms with Gasteiger partial charge in [0, 0.05) is 8.95 Å². The molecule has 0 spiro atoms. The maximum absolute atomic E-state index is 3.63. The van der Waals surface area contributed by atoms with Crippen LogP contribution in [0.2, 0.25) is 12.1 Å². The summed E-state index contributed by atoms with van der Waals surface area (Å²) < 4.78 is 2.32. The van der Waals surface area contributed by atoms with Gasteiger partial charge in [-0.05, 0) is 57.9 Å². The Morgan fingerprint density at radius 3 is 1.29 bits per heavy atom.